The monoisotopic (exact) mass is 499 g/mol. The van der Waals surface area contributed by atoms with Crippen molar-refractivity contribution in [3.05, 3.63) is 75.5 Å². The zero-order chi connectivity index (χ0) is 23.9. The van der Waals surface area contributed by atoms with E-state index in [9.17, 15) is 18.0 Å². The van der Waals surface area contributed by atoms with Crippen LogP contribution in [0.5, 0.6) is 0 Å². The molecular weight excluding hydrogens is 474 g/mol. The Hall–Kier alpha value is -2.68. The van der Waals surface area contributed by atoms with Gasteiger partial charge in [0, 0.05) is 36.8 Å². The van der Waals surface area contributed by atoms with Gasteiger partial charge in [0.05, 0.1) is 11.1 Å². The van der Waals surface area contributed by atoms with Crippen LogP contribution in [-0.4, -0.2) is 54.3 Å². The molecule has 0 bridgehead atoms. The maximum atomic E-state index is 12.7. The van der Waals surface area contributed by atoms with Gasteiger partial charge in [0.2, 0.25) is 0 Å². The van der Waals surface area contributed by atoms with Gasteiger partial charge in [-0.15, -0.1) is 0 Å². The van der Waals surface area contributed by atoms with Gasteiger partial charge in [-0.3, -0.25) is 9.59 Å². The highest BCUT2D eigenvalue weighted by Crippen LogP contribution is 2.32. The highest BCUT2D eigenvalue weighted by atomic mass is 35.5. The van der Waals surface area contributed by atoms with E-state index in [0.717, 1.165) is 54.1 Å². The van der Waals surface area contributed by atoms with E-state index < -0.39 is 15.9 Å². The van der Waals surface area contributed by atoms with E-state index in [-0.39, 0.29) is 28.6 Å². The Morgan fingerprint density at radius 2 is 1.65 bits per heavy atom. The zero-order valence-electron chi connectivity index (χ0n) is 18.7. The second-order valence-corrected chi connectivity index (χ2v) is 11.2. The van der Waals surface area contributed by atoms with Crippen LogP contribution >= 0.6 is 11.6 Å². The van der Waals surface area contributed by atoms with Crippen LogP contribution in [0, 0.1) is 0 Å². The third-order valence-corrected chi connectivity index (χ3v) is 8.87. The number of halogens is 1. The molecule has 1 aromatic heterocycles. The molecule has 0 N–H and O–H groups in total. The molecule has 0 radical (unpaired) electrons. The molecule has 1 fully saturated rings. The Bertz CT molecular complexity index is 1410. The number of likely N-dealkylation sites (tertiary alicyclic amines) is 1. The first-order valence-corrected chi connectivity index (χ1v) is 13.4. The first-order valence-electron chi connectivity index (χ1n) is 11.6. The summed E-state index contributed by atoms with van der Waals surface area (Å²) >= 11 is 5.93. The van der Waals surface area contributed by atoms with Crippen LogP contribution in [-0.2, 0) is 10.0 Å². The van der Waals surface area contributed by atoms with Crippen LogP contribution in [0.4, 0.5) is 0 Å². The summed E-state index contributed by atoms with van der Waals surface area (Å²) in [6.07, 6.45) is 3.16. The lowest BCUT2D eigenvalue weighted by atomic mass is 10.0. The molecule has 34 heavy (non-hydrogen) atoms. The van der Waals surface area contributed by atoms with E-state index in [0.29, 0.717) is 11.4 Å². The van der Waals surface area contributed by atoms with Crippen LogP contribution in [0.3, 0.4) is 0 Å². The lowest BCUT2D eigenvalue weighted by Gasteiger charge is -2.33. The molecule has 1 amide bonds. The van der Waals surface area contributed by atoms with E-state index >= 15 is 0 Å². The quantitative estimate of drug-likeness (QED) is 0.480. The van der Waals surface area contributed by atoms with Crippen LogP contribution in [0.25, 0.3) is 10.9 Å². The van der Waals surface area contributed by atoms with Gasteiger partial charge in [0.25, 0.3) is 21.5 Å². The predicted molar refractivity (Wildman–Crippen MR) is 132 cm³/mol. The van der Waals surface area contributed by atoms with Gasteiger partial charge in [-0.2, -0.15) is 0 Å². The topological polar surface area (TPSA) is 79.7 Å². The van der Waals surface area contributed by atoms with Crippen molar-refractivity contribution in [2.45, 2.75) is 36.6 Å². The molecule has 0 spiro atoms. The van der Waals surface area contributed by atoms with Gasteiger partial charge >= 0.3 is 0 Å². The lowest BCUT2D eigenvalue weighted by Crippen LogP contribution is -2.38. The Kier molecular flexibility index (Phi) is 6.22. The Balaban J connectivity index is 1.15. The molecule has 7 nitrogen and oxygen atoms in total. The maximum absolute atomic E-state index is 12.7. The minimum atomic E-state index is -3.83. The van der Waals surface area contributed by atoms with Gasteiger partial charge in [-0.1, -0.05) is 29.8 Å². The fourth-order valence-electron chi connectivity index (χ4n) is 5.05. The molecule has 5 rings (SSSR count). The number of para-hydroxylation sites is 1. The summed E-state index contributed by atoms with van der Waals surface area (Å²) in [6.45, 7) is 2.75. The number of sulfonamides is 1. The Morgan fingerprint density at radius 1 is 0.912 bits per heavy atom. The second kappa shape index (κ2) is 9.17. The number of piperidine rings is 1. The van der Waals surface area contributed by atoms with Crippen molar-refractivity contribution in [3.8, 4) is 0 Å². The molecule has 0 saturated carbocycles. The van der Waals surface area contributed by atoms with Crippen molar-refractivity contribution < 1.29 is 13.2 Å². The number of hydrogen-bond acceptors (Lipinski definition) is 5. The van der Waals surface area contributed by atoms with E-state index in [2.05, 4.69) is 4.90 Å². The highest BCUT2D eigenvalue weighted by molar-refractivity contribution is 7.90. The van der Waals surface area contributed by atoms with Gasteiger partial charge in [0.15, 0.2) is 0 Å². The maximum Gasteiger partial charge on any atom is 0.269 e. The molecule has 0 unspecified atom stereocenters. The number of carbonyl (C=O) groups excluding carboxylic acids is 1. The number of carbonyl (C=O) groups is 1. The van der Waals surface area contributed by atoms with Crippen LogP contribution < -0.4 is 5.56 Å². The number of pyridine rings is 1. The fraction of sp³-hybridized carbons (Fsp3) is 0.360. The van der Waals surface area contributed by atoms with Crippen molar-refractivity contribution >= 4 is 38.4 Å². The SMILES string of the molecule is O=C1c2ccc(Cl)cc2S(=O)(=O)N1CCCCN1CCC(n2c(=O)ccc3ccccc32)CC1. The summed E-state index contributed by atoms with van der Waals surface area (Å²) in [7, 11) is -3.83. The van der Waals surface area contributed by atoms with Gasteiger partial charge < -0.3 is 9.47 Å². The largest absolute Gasteiger partial charge is 0.305 e. The summed E-state index contributed by atoms with van der Waals surface area (Å²) in [5.74, 6) is -0.479. The number of benzene rings is 2. The van der Waals surface area contributed by atoms with Crippen molar-refractivity contribution in [1.29, 1.82) is 0 Å². The number of nitrogens with zero attached hydrogens (tertiary/aromatic N) is 3. The van der Waals surface area contributed by atoms with Crippen molar-refractivity contribution in [1.82, 2.24) is 13.8 Å². The first kappa shape index (κ1) is 23.1. The van der Waals surface area contributed by atoms with Crippen molar-refractivity contribution in [3.63, 3.8) is 0 Å². The summed E-state index contributed by atoms with van der Waals surface area (Å²) in [6, 6.07) is 16.0. The van der Waals surface area contributed by atoms with Crippen LogP contribution in [0.15, 0.2) is 64.3 Å². The first-order chi connectivity index (χ1) is 16.4. The third kappa shape index (κ3) is 4.15. The molecule has 2 aliphatic rings. The standard InChI is InChI=1S/C25H26ClN3O4S/c26-19-8-9-21-23(17-19)34(32,33)28(25(21)31)14-4-3-13-27-15-11-20(12-16-27)29-22-6-2-1-5-18(22)7-10-24(29)30/h1-2,5-10,17,20H,3-4,11-16H2. The molecular formula is C25H26ClN3O4S. The summed E-state index contributed by atoms with van der Waals surface area (Å²) < 4.78 is 28.4. The molecule has 1 saturated heterocycles. The predicted octanol–water partition coefficient (Wildman–Crippen LogP) is 3.92. The van der Waals surface area contributed by atoms with Crippen molar-refractivity contribution in [2.24, 2.45) is 0 Å². The number of unbranched alkanes of at least 4 members (excludes halogenated alkanes) is 1. The summed E-state index contributed by atoms with van der Waals surface area (Å²) in [5.41, 5.74) is 1.21. The number of aromatic nitrogens is 1. The normalized spacial score (nSPS) is 18.5. The fourth-order valence-corrected chi connectivity index (χ4v) is 6.92. The highest BCUT2D eigenvalue weighted by Gasteiger charge is 2.40. The van der Waals surface area contributed by atoms with E-state index in [1.165, 1.54) is 18.2 Å². The minimum Gasteiger partial charge on any atom is -0.305 e. The molecule has 178 valence electrons. The number of fused-ring (bicyclic) bond motifs is 2. The number of hydrogen-bond donors (Lipinski definition) is 0. The lowest BCUT2D eigenvalue weighted by molar-refractivity contribution is 0.0868. The molecule has 3 heterocycles. The molecule has 2 aliphatic heterocycles. The zero-order valence-corrected chi connectivity index (χ0v) is 20.3. The Labute approximate surface area is 203 Å². The molecule has 2 aromatic carbocycles. The van der Waals surface area contributed by atoms with Crippen LogP contribution in [0.2, 0.25) is 5.02 Å². The smallest absolute Gasteiger partial charge is 0.269 e. The summed E-state index contributed by atoms with van der Waals surface area (Å²) in [4.78, 5) is 27.5. The van der Waals surface area contributed by atoms with Crippen LogP contribution in [0.1, 0.15) is 42.1 Å². The second-order valence-electron chi connectivity index (χ2n) is 8.90. The number of rotatable bonds is 6. The molecule has 0 aliphatic carbocycles. The van der Waals surface area contributed by atoms with E-state index in [4.69, 9.17) is 11.6 Å². The average molecular weight is 500 g/mol. The summed E-state index contributed by atoms with van der Waals surface area (Å²) in [5, 5.41) is 1.37. The molecule has 9 heteroatoms. The van der Waals surface area contributed by atoms with E-state index in [1.54, 1.807) is 6.07 Å². The molecule has 0 atom stereocenters. The number of amides is 1. The van der Waals surface area contributed by atoms with E-state index in [1.807, 2.05) is 34.9 Å². The Morgan fingerprint density at radius 3 is 2.44 bits per heavy atom. The van der Waals surface area contributed by atoms with Gasteiger partial charge in [-0.05, 0) is 67.9 Å². The average Bonchev–Trinajstić information content (AvgIpc) is 3.02. The third-order valence-electron chi connectivity index (χ3n) is 6.82. The van der Waals surface area contributed by atoms with Gasteiger partial charge in [0.1, 0.15) is 4.90 Å². The van der Waals surface area contributed by atoms with Crippen molar-refractivity contribution in [2.75, 3.05) is 26.2 Å². The van der Waals surface area contributed by atoms with Gasteiger partial charge in [-0.25, -0.2) is 12.7 Å². The molecule has 3 aromatic rings. The minimum absolute atomic E-state index is 0.00393.